The van der Waals surface area contributed by atoms with Gasteiger partial charge in [-0.15, -0.1) is 130 Å². The van der Waals surface area contributed by atoms with Crippen LogP contribution in [0.15, 0.2) is 264 Å². The molecular weight excluding hydrogens is 2060 g/mol. The first-order chi connectivity index (χ1) is 63.9. The molecule has 45 heteroatoms. The van der Waals surface area contributed by atoms with Gasteiger partial charge in [0.2, 0.25) is 0 Å². The van der Waals surface area contributed by atoms with E-state index in [0.29, 0.717) is 69.5 Å². The van der Waals surface area contributed by atoms with Crippen molar-refractivity contribution in [1.82, 2.24) is 4.90 Å². The maximum Gasteiger partial charge on any atom is 0.573 e. The van der Waals surface area contributed by atoms with Crippen LogP contribution < -0.4 is 37.9 Å². The zero-order valence-electron chi connectivity index (χ0n) is 72.5. The number of nitrogens with zero attached hydrogens (tertiary/aromatic N) is 1. The van der Waals surface area contributed by atoms with Crippen LogP contribution in [0.5, 0.6) is 46.0 Å². The van der Waals surface area contributed by atoms with Crippen molar-refractivity contribution in [2.75, 3.05) is 13.1 Å². The maximum atomic E-state index is 12.6. The molecule has 1 saturated heterocycles. The van der Waals surface area contributed by atoms with E-state index in [1.54, 1.807) is 13.8 Å². The number of carbonyl (C=O) groups is 1. The number of hydrogen-bond acceptors (Lipinski definition) is 12. The fraction of sp³-hybridized carbons (Fsp3) is 0.293. The Morgan fingerprint density at radius 1 is 0.394 bits per heavy atom. The second kappa shape index (κ2) is 60.3. The number of Topliss-reactive ketones (excluding diaryl/α,β-unsaturated/α-hetero) is 1. The lowest BCUT2D eigenvalue weighted by Crippen LogP contribution is -2.48. The first-order valence-electron chi connectivity index (χ1n) is 39.7. The monoisotopic (exact) mass is 2140 g/mol. The third-order valence-electron chi connectivity index (χ3n) is 17.2. The predicted molar refractivity (Wildman–Crippen MR) is 491 cm³/mol. The fourth-order valence-corrected chi connectivity index (χ4v) is 13.1. The Balaban J connectivity index is 0. The van der Waals surface area contributed by atoms with Gasteiger partial charge in [0.15, 0.2) is 0 Å². The average molecular weight is 2150 g/mol. The normalized spacial score (nSPS) is 13.0. The van der Waals surface area contributed by atoms with Gasteiger partial charge >= 0.3 is 50.9 Å². The number of benzene rings is 10. The Kier molecular flexibility index (Phi) is 53.9. The standard InChI is InChI=1S/C27H25F6NO3.C15H9BrF6O2.C15H10F6O3.C13H16O.2C7H4BrF3O.2C3H4.2CH4.2B3.2H2/c28-26(29,30)36-22-10-6-20(7-11-22)24(21-8-12-23(13-9-21)37-27(31,32)33)25(35)14-16-34(17-15-25)18-19-4-2-1-3-5-19;16-13(9-1-5-11(6-2-9)23-14(17,18)19)10-3-7-12(8-4-10)24-15(20,21)22;16-14(17,18)23-11-5-1-9(2-6-11)13(22)10-3-7-12(8-4-10)24-15(19,20)21;14-13-8-6-12(7-9-13)10-11-4-2-1-3-5-11;2*8-5-1-3-6(4-2-5)12-7(9,10)11;2*1-3-2;;;2*1-3-2;;/h1-13,24,35H,14-18H2;1-8,13H;1-8,13,22H;1-5,12H,6-10H2;2*1-4H;2*1H,2H3;2*1H4;;;2*1H/i;;;;;;;;;;;;1+1D;1+1. The summed E-state index contributed by atoms with van der Waals surface area (Å²) in [4.78, 5) is 12.8. The average Bonchev–Trinajstić information content (AvgIpc) is 0.768. The first-order valence-corrected chi connectivity index (χ1v) is 41.2. The molecule has 0 bridgehead atoms. The van der Waals surface area contributed by atoms with Crippen LogP contribution in [-0.2, 0) is 17.8 Å². The summed E-state index contributed by atoms with van der Waals surface area (Å²) in [6, 6.07) is 60.8. The van der Waals surface area contributed by atoms with Gasteiger partial charge in [-0.2, -0.15) is 0 Å². The number of likely N-dealkylation sites (tertiary alicyclic amines) is 1. The van der Waals surface area contributed by atoms with E-state index in [1.165, 1.54) is 127 Å². The van der Waals surface area contributed by atoms with Crippen molar-refractivity contribution in [2.45, 2.75) is 154 Å². The second-order valence-electron chi connectivity index (χ2n) is 27.4. The Morgan fingerprint density at radius 3 is 0.825 bits per heavy atom. The highest BCUT2D eigenvalue weighted by molar-refractivity contribution is 9.10. The van der Waals surface area contributed by atoms with Gasteiger partial charge in [0.05, 0.1) is 10.4 Å². The summed E-state index contributed by atoms with van der Waals surface area (Å²) in [7, 11) is 20.0. The molecule has 12 nitrogen and oxygen atoms in total. The number of alkyl halides is 25. The number of halogens is 27. The molecule has 1 heterocycles. The third-order valence-corrected chi connectivity index (χ3v) is 19.3. The minimum atomic E-state index is -4.85. The second-order valence-corrected chi connectivity index (χ2v) is 30.1. The maximum absolute atomic E-state index is 12.6. The Hall–Kier alpha value is -10.6. The molecular formula is C92H88B6Br3F24NO11. The van der Waals surface area contributed by atoms with Crippen molar-refractivity contribution in [1.29, 1.82) is 0 Å². The van der Waals surface area contributed by atoms with Crippen molar-refractivity contribution in [2.24, 2.45) is 5.92 Å². The van der Waals surface area contributed by atoms with Gasteiger partial charge in [-0.3, -0.25) is 9.69 Å². The molecule has 10 aromatic carbocycles. The number of hydrogen-bond donors (Lipinski definition) is 2. The lowest BCUT2D eigenvalue weighted by molar-refractivity contribution is -0.275. The van der Waals surface area contributed by atoms with E-state index >= 15 is 0 Å². The van der Waals surface area contributed by atoms with Crippen molar-refractivity contribution in [3.05, 3.63) is 308 Å². The number of ketones is 1. The van der Waals surface area contributed by atoms with Gasteiger partial charge in [0.25, 0.3) is 0 Å². The number of aliphatic hydroxyl groups excluding tert-OH is 1. The Labute approximate surface area is 813 Å². The number of terminal acetylenes is 2. The molecule has 2 N–H and O–H groups in total. The highest BCUT2D eigenvalue weighted by Crippen LogP contribution is 2.44. The van der Waals surface area contributed by atoms with Crippen molar-refractivity contribution in [3.8, 4) is 70.7 Å². The minimum absolute atomic E-state index is 0. The molecule has 0 amide bonds. The van der Waals surface area contributed by atoms with E-state index in [4.69, 9.17) is 2.97 Å². The summed E-state index contributed by atoms with van der Waals surface area (Å²) in [5.74, 6) is 2.11. The largest absolute Gasteiger partial charge is 0.573 e. The van der Waals surface area contributed by atoms with E-state index in [-0.39, 0.29) is 50.4 Å². The van der Waals surface area contributed by atoms with Gasteiger partial charge in [0, 0.05) is 96.8 Å². The van der Waals surface area contributed by atoms with Crippen LogP contribution >= 0.6 is 47.8 Å². The van der Waals surface area contributed by atoms with Crippen molar-refractivity contribution < 1.29 is 163 Å². The van der Waals surface area contributed by atoms with E-state index in [1.807, 2.05) is 36.4 Å². The quantitative estimate of drug-likeness (QED) is 0.0345. The zero-order valence-corrected chi connectivity index (χ0v) is 75.2. The lowest BCUT2D eigenvalue weighted by atomic mass is 9.40. The van der Waals surface area contributed by atoms with E-state index in [9.17, 15) is 120 Å². The van der Waals surface area contributed by atoms with Crippen LogP contribution in [0.3, 0.4) is 0 Å². The van der Waals surface area contributed by atoms with Crippen LogP contribution in [0.2, 0.25) is 0 Å². The first kappa shape index (κ1) is 122. The molecule has 2 fully saturated rings. The number of ether oxygens (including phenoxy) is 8. The van der Waals surface area contributed by atoms with Gasteiger partial charge in [-0.25, -0.2) is 0 Å². The van der Waals surface area contributed by atoms with Crippen molar-refractivity contribution >= 4 is 98.6 Å². The Bertz CT molecular complexity index is 4710. The number of piperidine rings is 1. The highest BCUT2D eigenvalue weighted by Gasteiger charge is 2.43. The van der Waals surface area contributed by atoms with Crippen LogP contribution in [0, 0.1) is 30.6 Å². The molecule has 734 valence electrons. The number of rotatable bonds is 19. The van der Waals surface area contributed by atoms with Gasteiger partial charge in [-0.1, -0.05) is 196 Å². The number of aliphatic hydroxyl groups is 2. The molecule has 0 atom stereocenters. The predicted octanol–water partition coefficient (Wildman–Crippen LogP) is 27.6. The molecule has 10 radical (unpaired) electrons. The minimum Gasteiger partial charge on any atom is -0.406 e. The van der Waals surface area contributed by atoms with E-state index in [2.05, 4.69) is 170 Å². The topological polar surface area (TPSA) is 135 Å². The molecule has 0 spiro atoms. The smallest absolute Gasteiger partial charge is 0.406 e. The van der Waals surface area contributed by atoms with Gasteiger partial charge in [-0.05, 0) is 218 Å². The fourth-order valence-electron chi connectivity index (χ4n) is 12.0. The molecule has 12 rings (SSSR count). The molecule has 0 aromatic heterocycles. The third kappa shape index (κ3) is 55.6. The summed E-state index contributed by atoms with van der Waals surface area (Å²) >= 11 is 9.52. The number of carbonyl (C=O) groups excluding carboxylic acids is 1. The van der Waals surface area contributed by atoms with E-state index < -0.39 is 96.3 Å². The summed E-state index contributed by atoms with van der Waals surface area (Å²) in [5.41, 5.74) is 3.98. The molecule has 2 aliphatic rings. The molecule has 1 aliphatic heterocycles. The van der Waals surface area contributed by atoms with Crippen LogP contribution in [0.25, 0.3) is 0 Å². The zero-order chi connectivity index (χ0) is 104. The SMILES string of the molecule is C.C.C#CC.C#CC.FC(F)(F)Oc1ccc(Br)cc1.FC(F)(F)Oc1ccc(Br)cc1.FC(F)(F)Oc1ccc(C(Br)c2ccc(OC(F)(F)F)cc2)cc1.O=C1CCC(Cc2ccccc2)CC1.OC(c1ccc(OC(F)(F)F)cc1)c1ccc(OC(F)(F)F)cc1.OC1(C(c2ccc(OC(F)(F)F)cc2)c2ccc(OC(F)(F)F)cc2)CCN(Cc2ccccc2)CC1.[2HH].[2H][2H].[B][B][B].[B][B][B]. The lowest BCUT2D eigenvalue weighted by Gasteiger charge is -2.43. The Morgan fingerprint density at radius 2 is 0.599 bits per heavy atom. The summed E-state index contributed by atoms with van der Waals surface area (Å²) in [5, 5.41) is 21.9. The molecule has 1 aliphatic carbocycles. The van der Waals surface area contributed by atoms with Crippen LogP contribution in [0.4, 0.5) is 105 Å². The van der Waals surface area contributed by atoms with Crippen molar-refractivity contribution in [3.63, 3.8) is 0 Å². The summed E-state index contributed by atoms with van der Waals surface area (Å²) in [6.45, 7) is 5.13. The van der Waals surface area contributed by atoms with Gasteiger partial charge in [0.1, 0.15) is 57.9 Å². The van der Waals surface area contributed by atoms with Crippen LogP contribution in [0.1, 0.15) is 133 Å². The summed E-state index contributed by atoms with van der Waals surface area (Å²) < 4.78 is 332. The molecule has 0 unspecified atom stereocenters. The summed E-state index contributed by atoms with van der Waals surface area (Å²) in [6.07, 6.45) is -24.5. The molecule has 137 heavy (non-hydrogen) atoms. The highest BCUT2D eigenvalue weighted by atomic mass is 79.9. The van der Waals surface area contributed by atoms with Gasteiger partial charge < -0.3 is 48.1 Å². The molecule has 10 aromatic rings. The van der Waals surface area contributed by atoms with Crippen LogP contribution in [-0.4, -0.2) is 136 Å². The molecule has 1 saturated carbocycles. The van der Waals surface area contributed by atoms with E-state index in [0.717, 1.165) is 131 Å².